The first kappa shape index (κ1) is 22.1. The second-order valence-corrected chi connectivity index (χ2v) is 7.66. The minimum absolute atomic E-state index is 0.0225. The van der Waals surface area contributed by atoms with Crippen molar-refractivity contribution < 1.29 is 32.7 Å². The number of nitrogens with zero attached hydrogens (tertiary/aromatic N) is 3. The number of anilines is 1. The van der Waals surface area contributed by atoms with E-state index in [-0.39, 0.29) is 52.3 Å². The maximum atomic E-state index is 13.3. The smallest absolute Gasteiger partial charge is 0.416 e. The minimum Gasteiger partial charge on any atom is -0.545 e. The summed E-state index contributed by atoms with van der Waals surface area (Å²) in [6, 6.07) is 8.02. The third-order valence-electron chi connectivity index (χ3n) is 5.75. The van der Waals surface area contributed by atoms with Crippen LogP contribution in [0.4, 0.5) is 23.7 Å². The number of benzene rings is 2. The predicted octanol–water partition coefficient (Wildman–Crippen LogP) is 3.17. The second kappa shape index (κ2) is 7.78. The highest BCUT2D eigenvalue weighted by atomic mass is 19.4. The SMILES string of the molecule is CN1C(=O)N(c2cccc(C(F)(F)F)c2)C2=C(C(=O)CC2)[C@H]1c1ccc(C#N)cc1C(=O)[O-]. The van der Waals surface area contributed by atoms with Gasteiger partial charge in [0.05, 0.1) is 34.9 Å². The Kier molecular flexibility index (Phi) is 5.20. The number of carboxylic acid groups (broad SMARTS) is 1. The summed E-state index contributed by atoms with van der Waals surface area (Å²) in [5.74, 6) is -1.93. The largest absolute Gasteiger partial charge is 0.545 e. The van der Waals surface area contributed by atoms with Crippen LogP contribution in [-0.2, 0) is 11.0 Å². The van der Waals surface area contributed by atoms with Crippen LogP contribution in [0.25, 0.3) is 0 Å². The van der Waals surface area contributed by atoms with Gasteiger partial charge in [-0.3, -0.25) is 9.69 Å². The van der Waals surface area contributed by atoms with Crippen molar-refractivity contribution in [3.05, 3.63) is 76.0 Å². The lowest BCUT2D eigenvalue weighted by molar-refractivity contribution is -0.255. The number of nitriles is 1. The van der Waals surface area contributed by atoms with Gasteiger partial charge in [-0.05, 0) is 42.3 Å². The molecule has 0 fully saturated rings. The molecule has 10 heteroatoms. The molecule has 0 saturated heterocycles. The van der Waals surface area contributed by atoms with Crippen LogP contribution in [0, 0.1) is 11.3 Å². The molecular formula is C23H15F3N3O4-. The van der Waals surface area contributed by atoms with E-state index < -0.39 is 29.8 Å². The normalized spacial score (nSPS) is 18.5. The number of halogens is 3. The quantitative estimate of drug-likeness (QED) is 0.709. The first-order valence-corrected chi connectivity index (χ1v) is 9.80. The fourth-order valence-corrected chi connectivity index (χ4v) is 4.27. The van der Waals surface area contributed by atoms with Crippen molar-refractivity contribution in [1.82, 2.24) is 4.90 Å². The molecule has 168 valence electrons. The number of hydrogen-bond donors (Lipinski definition) is 0. The van der Waals surface area contributed by atoms with Crippen molar-refractivity contribution in [2.24, 2.45) is 0 Å². The molecule has 1 atom stereocenters. The highest BCUT2D eigenvalue weighted by molar-refractivity contribution is 6.08. The number of urea groups is 1. The zero-order valence-electron chi connectivity index (χ0n) is 17.1. The van der Waals surface area contributed by atoms with Gasteiger partial charge in [0.1, 0.15) is 0 Å². The Hall–Kier alpha value is -4.13. The number of rotatable bonds is 3. The zero-order chi connectivity index (χ0) is 24.1. The number of alkyl halides is 3. The zero-order valence-corrected chi connectivity index (χ0v) is 17.1. The molecule has 1 aliphatic heterocycles. The first-order valence-electron chi connectivity index (χ1n) is 9.80. The van der Waals surface area contributed by atoms with E-state index in [0.717, 1.165) is 28.0 Å². The van der Waals surface area contributed by atoms with E-state index in [1.165, 1.54) is 31.3 Å². The highest BCUT2D eigenvalue weighted by Crippen LogP contribution is 2.45. The summed E-state index contributed by atoms with van der Waals surface area (Å²) in [4.78, 5) is 40.1. The number of ketones is 1. The van der Waals surface area contributed by atoms with Gasteiger partial charge in [0.2, 0.25) is 0 Å². The van der Waals surface area contributed by atoms with Gasteiger partial charge in [-0.2, -0.15) is 18.4 Å². The molecule has 7 nitrogen and oxygen atoms in total. The molecule has 0 unspecified atom stereocenters. The molecule has 2 amide bonds. The number of carbonyl (C=O) groups excluding carboxylic acids is 3. The lowest BCUT2D eigenvalue weighted by Gasteiger charge is -2.41. The van der Waals surface area contributed by atoms with Crippen molar-refractivity contribution in [3.8, 4) is 6.07 Å². The number of amides is 2. The molecule has 2 aliphatic rings. The number of carbonyl (C=O) groups is 3. The van der Waals surface area contributed by atoms with Gasteiger partial charge in [0.15, 0.2) is 5.78 Å². The average Bonchev–Trinajstić information content (AvgIpc) is 3.14. The van der Waals surface area contributed by atoms with Gasteiger partial charge in [-0.15, -0.1) is 0 Å². The molecule has 2 aromatic rings. The van der Waals surface area contributed by atoms with E-state index in [1.807, 2.05) is 6.07 Å². The number of allylic oxidation sites excluding steroid dienone is 1. The Bertz CT molecular complexity index is 1280. The lowest BCUT2D eigenvalue weighted by atomic mass is 9.89. The monoisotopic (exact) mass is 454 g/mol. The van der Waals surface area contributed by atoms with Crippen LogP contribution in [0.15, 0.2) is 53.7 Å². The summed E-state index contributed by atoms with van der Waals surface area (Å²) < 4.78 is 39.7. The van der Waals surface area contributed by atoms with Crippen LogP contribution < -0.4 is 10.0 Å². The Balaban J connectivity index is 1.92. The Labute approximate surface area is 185 Å². The summed E-state index contributed by atoms with van der Waals surface area (Å²) >= 11 is 0. The Morgan fingerprint density at radius 2 is 1.88 bits per heavy atom. The van der Waals surface area contributed by atoms with Crippen LogP contribution in [-0.4, -0.2) is 29.7 Å². The van der Waals surface area contributed by atoms with Crippen LogP contribution >= 0.6 is 0 Å². The maximum Gasteiger partial charge on any atom is 0.416 e. The third kappa shape index (κ3) is 3.61. The molecular weight excluding hydrogens is 439 g/mol. The fourth-order valence-electron chi connectivity index (χ4n) is 4.27. The van der Waals surface area contributed by atoms with Gasteiger partial charge >= 0.3 is 12.2 Å². The minimum atomic E-state index is -4.63. The van der Waals surface area contributed by atoms with Gasteiger partial charge in [0, 0.05) is 30.3 Å². The van der Waals surface area contributed by atoms with E-state index in [9.17, 15) is 32.7 Å². The summed E-state index contributed by atoms with van der Waals surface area (Å²) in [5.41, 5.74) is -0.866. The number of likely N-dealkylation sites (N-methyl/N-ethyl adjacent to an activating group) is 1. The third-order valence-corrected chi connectivity index (χ3v) is 5.75. The molecule has 1 heterocycles. The van der Waals surface area contributed by atoms with E-state index in [2.05, 4.69) is 0 Å². The summed E-state index contributed by atoms with van der Waals surface area (Å²) in [6.45, 7) is 0. The molecule has 0 saturated carbocycles. The van der Waals surface area contributed by atoms with Crippen molar-refractivity contribution >= 4 is 23.5 Å². The van der Waals surface area contributed by atoms with Crippen LogP contribution in [0.5, 0.6) is 0 Å². The Morgan fingerprint density at radius 3 is 2.52 bits per heavy atom. The number of carboxylic acids is 1. The molecule has 4 rings (SSSR count). The second-order valence-electron chi connectivity index (χ2n) is 7.66. The van der Waals surface area contributed by atoms with E-state index in [1.54, 1.807) is 0 Å². The van der Waals surface area contributed by atoms with E-state index >= 15 is 0 Å². The topological polar surface area (TPSA) is 105 Å². The molecule has 0 aromatic heterocycles. The fraction of sp³-hybridized carbons (Fsp3) is 0.217. The van der Waals surface area contributed by atoms with Crippen molar-refractivity contribution in [3.63, 3.8) is 0 Å². The molecule has 1 aliphatic carbocycles. The van der Waals surface area contributed by atoms with Crippen LogP contribution in [0.2, 0.25) is 0 Å². The average molecular weight is 454 g/mol. The maximum absolute atomic E-state index is 13.3. The van der Waals surface area contributed by atoms with Gasteiger partial charge in [-0.25, -0.2) is 4.79 Å². The Morgan fingerprint density at radius 1 is 1.15 bits per heavy atom. The van der Waals surface area contributed by atoms with E-state index in [4.69, 9.17) is 5.26 Å². The molecule has 0 N–H and O–H groups in total. The van der Waals surface area contributed by atoms with Gasteiger partial charge in [-0.1, -0.05) is 12.1 Å². The summed E-state index contributed by atoms with van der Waals surface area (Å²) in [5, 5.41) is 20.9. The number of aromatic carboxylic acids is 1. The first-order chi connectivity index (χ1) is 15.5. The number of hydrogen-bond acceptors (Lipinski definition) is 5. The lowest BCUT2D eigenvalue weighted by Crippen LogP contribution is -2.48. The van der Waals surface area contributed by atoms with E-state index in [0.29, 0.717) is 0 Å². The highest BCUT2D eigenvalue weighted by Gasteiger charge is 2.45. The number of Topliss-reactive ketones (excluding diaryl/α,β-unsaturated/α-hetero) is 1. The van der Waals surface area contributed by atoms with Gasteiger partial charge in [0.25, 0.3) is 0 Å². The molecule has 0 bridgehead atoms. The van der Waals surface area contributed by atoms with Crippen LogP contribution in [0.3, 0.4) is 0 Å². The van der Waals surface area contributed by atoms with Gasteiger partial charge < -0.3 is 14.8 Å². The molecule has 2 aromatic carbocycles. The molecule has 33 heavy (non-hydrogen) atoms. The van der Waals surface area contributed by atoms with Crippen molar-refractivity contribution in [1.29, 1.82) is 5.26 Å². The molecule has 0 spiro atoms. The molecule has 0 radical (unpaired) electrons. The summed E-state index contributed by atoms with van der Waals surface area (Å²) in [6.07, 6.45) is -4.50. The summed E-state index contributed by atoms with van der Waals surface area (Å²) in [7, 11) is 1.33. The van der Waals surface area contributed by atoms with Crippen molar-refractivity contribution in [2.75, 3.05) is 11.9 Å². The van der Waals surface area contributed by atoms with Crippen molar-refractivity contribution in [2.45, 2.75) is 25.1 Å². The van der Waals surface area contributed by atoms with Crippen LogP contribution in [0.1, 0.15) is 45.9 Å². The predicted molar refractivity (Wildman–Crippen MR) is 107 cm³/mol. The standard InChI is InChI=1S/C23H16F3N3O4/c1-28-20(15-6-5-12(11-27)9-16(15)21(31)32)19-17(7-8-18(19)30)29(22(28)33)14-4-2-3-13(10-14)23(24,25)26/h2-6,9-10,20H,7-8H2,1H3,(H,31,32)/p-1/t20-/m1/s1.